The number of esters is 2. The smallest absolute Gasteiger partial charge is 0.337 e. The van der Waals surface area contributed by atoms with Crippen molar-refractivity contribution >= 4 is 11.9 Å². The number of benzene rings is 2. The fourth-order valence-corrected chi connectivity index (χ4v) is 3.18. The van der Waals surface area contributed by atoms with Crippen LogP contribution < -0.4 is 5.32 Å². The summed E-state index contributed by atoms with van der Waals surface area (Å²) in [5.74, 6) is 0.00233. The minimum atomic E-state index is -0.657. The molecule has 31 heavy (non-hydrogen) atoms. The van der Waals surface area contributed by atoms with Gasteiger partial charge >= 0.3 is 11.9 Å². The van der Waals surface area contributed by atoms with Crippen molar-refractivity contribution in [2.45, 2.75) is 25.6 Å². The van der Waals surface area contributed by atoms with Crippen molar-refractivity contribution in [2.24, 2.45) is 0 Å². The number of aliphatic hydroxyl groups excluding tert-OH is 1. The molecule has 0 aliphatic carbocycles. The number of methoxy groups -OCH3 is 2. The summed E-state index contributed by atoms with van der Waals surface area (Å²) in [5, 5.41) is 13.7. The molecule has 0 fully saturated rings. The van der Waals surface area contributed by atoms with Gasteiger partial charge in [-0.2, -0.15) is 0 Å². The number of carbonyl (C=O) groups excluding carboxylic acids is 2. The molecule has 0 aliphatic rings. The lowest BCUT2D eigenvalue weighted by molar-refractivity contribution is 0.0599. The standard InChI is InChI=1S/C24H25NO6/c1-15(22(26)16-7-5-4-6-8-16)25-14-20-9-10-21(31-20)17-11-18(23(27)29-2)13-19(12-17)24(28)30-3/h4-13,15,22,25-26H,14H2,1-3H3/t15-,22-/m0/s1. The fourth-order valence-electron chi connectivity index (χ4n) is 3.18. The first-order valence-corrected chi connectivity index (χ1v) is 9.80. The lowest BCUT2D eigenvalue weighted by atomic mass is 10.0. The van der Waals surface area contributed by atoms with Gasteiger partial charge in [0.25, 0.3) is 0 Å². The Balaban J connectivity index is 1.75. The third kappa shape index (κ3) is 5.39. The van der Waals surface area contributed by atoms with Crippen molar-refractivity contribution in [3.8, 4) is 11.3 Å². The minimum absolute atomic E-state index is 0.204. The van der Waals surface area contributed by atoms with Gasteiger partial charge in [0.05, 0.1) is 38.0 Å². The van der Waals surface area contributed by atoms with Crippen LogP contribution in [0.15, 0.2) is 65.1 Å². The summed E-state index contributed by atoms with van der Waals surface area (Å²) in [6, 6.07) is 17.4. The molecule has 7 heteroatoms. The number of hydrogen-bond donors (Lipinski definition) is 2. The van der Waals surface area contributed by atoms with Crippen molar-refractivity contribution in [3.05, 3.63) is 83.1 Å². The van der Waals surface area contributed by atoms with Gasteiger partial charge in [-0.1, -0.05) is 30.3 Å². The first-order valence-electron chi connectivity index (χ1n) is 9.80. The van der Waals surface area contributed by atoms with Crippen LogP contribution in [0, 0.1) is 0 Å². The van der Waals surface area contributed by atoms with Crippen LogP contribution in [0.1, 0.15) is 45.1 Å². The molecule has 1 aromatic heterocycles. The molecule has 162 valence electrons. The van der Waals surface area contributed by atoms with Gasteiger partial charge in [0.1, 0.15) is 11.5 Å². The lowest BCUT2D eigenvalue weighted by Gasteiger charge is -2.20. The Morgan fingerprint density at radius 3 is 2.16 bits per heavy atom. The van der Waals surface area contributed by atoms with Crippen molar-refractivity contribution in [2.75, 3.05) is 14.2 Å². The maximum atomic E-state index is 12.0. The first-order chi connectivity index (χ1) is 14.9. The maximum absolute atomic E-state index is 12.0. The largest absolute Gasteiger partial charge is 0.465 e. The van der Waals surface area contributed by atoms with Crippen molar-refractivity contribution in [3.63, 3.8) is 0 Å². The molecular formula is C24H25NO6. The Hall–Kier alpha value is -3.42. The molecule has 0 saturated heterocycles. The highest BCUT2D eigenvalue weighted by molar-refractivity contribution is 5.97. The Kier molecular flexibility index (Phi) is 7.23. The second kappa shape index (κ2) is 10.1. The zero-order valence-corrected chi connectivity index (χ0v) is 17.6. The molecule has 0 aliphatic heterocycles. The number of rotatable bonds is 8. The second-order valence-electron chi connectivity index (χ2n) is 7.07. The van der Waals surface area contributed by atoms with E-state index in [9.17, 15) is 14.7 Å². The van der Waals surface area contributed by atoms with Gasteiger partial charge in [-0.25, -0.2) is 9.59 Å². The summed E-state index contributed by atoms with van der Waals surface area (Å²) in [4.78, 5) is 24.0. The van der Waals surface area contributed by atoms with Crippen LogP contribution in [0.25, 0.3) is 11.3 Å². The predicted molar refractivity (Wildman–Crippen MR) is 115 cm³/mol. The molecule has 0 amide bonds. The number of aliphatic hydroxyl groups is 1. The molecule has 0 spiro atoms. The fraction of sp³-hybridized carbons (Fsp3) is 0.250. The second-order valence-corrected chi connectivity index (χ2v) is 7.07. The maximum Gasteiger partial charge on any atom is 0.337 e. The van der Waals surface area contributed by atoms with E-state index in [1.807, 2.05) is 37.3 Å². The Morgan fingerprint density at radius 1 is 0.968 bits per heavy atom. The summed E-state index contributed by atoms with van der Waals surface area (Å²) >= 11 is 0. The van der Waals surface area contributed by atoms with Gasteiger partial charge in [-0.15, -0.1) is 0 Å². The van der Waals surface area contributed by atoms with Gasteiger partial charge in [0.2, 0.25) is 0 Å². The average Bonchev–Trinajstić information content (AvgIpc) is 3.30. The highest BCUT2D eigenvalue weighted by atomic mass is 16.5. The molecule has 2 N–H and O–H groups in total. The summed E-state index contributed by atoms with van der Waals surface area (Å²) in [7, 11) is 2.54. The van der Waals surface area contributed by atoms with Crippen LogP contribution in [0.4, 0.5) is 0 Å². The SMILES string of the molecule is COC(=O)c1cc(C(=O)OC)cc(-c2ccc(CN[C@@H](C)[C@H](O)c3ccccc3)o2)c1. The average molecular weight is 423 g/mol. The van der Waals surface area contributed by atoms with Crippen LogP contribution in [-0.2, 0) is 16.0 Å². The van der Waals surface area contributed by atoms with E-state index < -0.39 is 18.0 Å². The molecule has 2 aromatic carbocycles. The highest BCUT2D eigenvalue weighted by Crippen LogP contribution is 2.26. The van der Waals surface area contributed by atoms with Crippen molar-refractivity contribution in [1.29, 1.82) is 0 Å². The summed E-state index contributed by atoms with van der Waals surface area (Å²) in [6.07, 6.45) is -0.657. The molecular weight excluding hydrogens is 398 g/mol. The normalized spacial score (nSPS) is 12.8. The van der Waals surface area contributed by atoms with Crippen LogP contribution in [-0.4, -0.2) is 37.3 Å². The van der Waals surface area contributed by atoms with Crippen LogP contribution >= 0.6 is 0 Å². The number of furan rings is 1. The van der Waals surface area contributed by atoms with Crippen molar-refractivity contribution < 1.29 is 28.6 Å². The zero-order valence-electron chi connectivity index (χ0n) is 17.6. The first kappa shape index (κ1) is 22.3. The number of ether oxygens (including phenoxy) is 2. The van der Waals surface area contributed by atoms with E-state index in [2.05, 4.69) is 5.32 Å². The summed E-state index contributed by atoms with van der Waals surface area (Å²) < 4.78 is 15.4. The van der Waals surface area contributed by atoms with E-state index >= 15 is 0 Å². The van der Waals surface area contributed by atoms with E-state index in [0.717, 1.165) is 5.56 Å². The lowest BCUT2D eigenvalue weighted by Crippen LogP contribution is -2.31. The van der Waals surface area contributed by atoms with Gasteiger partial charge < -0.3 is 24.3 Å². The molecule has 2 atom stereocenters. The van der Waals surface area contributed by atoms with Crippen molar-refractivity contribution in [1.82, 2.24) is 5.32 Å². The highest BCUT2D eigenvalue weighted by Gasteiger charge is 2.18. The molecule has 1 heterocycles. The molecule has 7 nitrogen and oxygen atoms in total. The Morgan fingerprint density at radius 2 is 1.58 bits per heavy atom. The van der Waals surface area contributed by atoms with Crippen LogP contribution in [0.5, 0.6) is 0 Å². The van der Waals surface area contributed by atoms with Crippen LogP contribution in [0.3, 0.4) is 0 Å². The topological polar surface area (TPSA) is 98.0 Å². The van der Waals surface area contributed by atoms with E-state index in [4.69, 9.17) is 13.9 Å². The monoisotopic (exact) mass is 423 g/mol. The van der Waals surface area contributed by atoms with Gasteiger partial charge in [-0.05, 0) is 42.8 Å². The summed E-state index contributed by atoms with van der Waals surface area (Å²) in [6.45, 7) is 2.29. The quantitative estimate of drug-likeness (QED) is 0.533. The molecule has 3 rings (SSSR count). The molecule has 0 radical (unpaired) electrons. The zero-order chi connectivity index (χ0) is 22.4. The van der Waals surface area contributed by atoms with Gasteiger partial charge in [0.15, 0.2) is 0 Å². The third-order valence-electron chi connectivity index (χ3n) is 4.93. The Labute approximate surface area is 180 Å². The molecule has 0 bridgehead atoms. The summed E-state index contributed by atoms with van der Waals surface area (Å²) in [5.41, 5.74) is 1.82. The number of nitrogens with one attached hydrogen (secondary N) is 1. The minimum Gasteiger partial charge on any atom is -0.465 e. The van der Waals surface area contributed by atoms with E-state index in [1.54, 1.807) is 24.3 Å². The van der Waals surface area contributed by atoms with E-state index in [1.165, 1.54) is 20.3 Å². The molecule has 0 unspecified atom stereocenters. The predicted octanol–water partition coefficient (Wildman–Crippen LogP) is 3.73. The molecule has 0 saturated carbocycles. The Bertz CT molecular complexity index is 1010. The van der Waals surface area contributed by atoms with E-state index in [-0.39, 0.29) is 17.2 Å². The number of hydrogen-bond acceptors (Lipinski definition) is 7. The number of carbonyl (C=O) groups is 2. The van der Waals surface area contributed by atoms with Crippen LogP contribution in [0.2, 0.25) is 0 Å². The van der Waals surface area contributed by atoms with E-state index in [0.29, 0.717) is 23.6 Å². The molecule has 3 aromatic rings. The third-order valence-corrected chi connectivity index (χ3v) is 4.93. The van der Waals surface area contributed by atoms with Gasteiger partial charge in [0, 0.05) is 11.6 Å². The van der Waals surface area contributed by atoms with Gasteiger partial charge in [-0.3, -0.25) is 0 Å².